The Morgan fingerprint density at radius 3 is 3.04 bits per heavy atom. The predicted molar refractivity (Wildman–Crippen MR) is 101 cm³/mol. The van der Waals surface area contributed by atoms with Crippen LogP contribution in [0.15, 0.2) is 56.7 Å². The molecule has 2 aromatic rings. The number of hydrogen-bond acceptors (Lipinski definition) is 3. The lowest BCUT2D eigenvalue weighted by Crippen LogP contribution is -2.39. The first-order chi connectivity index (χ1) is 11.7. The number of nitrogens with zero attached hydrogens (tertiary/aromatic N) is 2. The molecule has 1 aliphatic heterocycles. The van der Waals surface area contributed by atoms with Gasteiger partial charge in [-0.2, -0.15) is 0 Å². The van der Waals surface area contributed by atoms with Crippen LogP contribution in [-0.4, -0.2) is 32.6 Å². The summed E-state index contributed by atoms with van der Waals surface area (Å²) in [5, 5.41) is 6.73. The van der Waals surface area contributed by atoms with E-state index in [-0.39, 0.29) is 0 Å². The number of guanidine groups is 1. The van der Waals surface area contributed by atoms with Crippen molar-refractivity contribution in [1.29, 1.82) is 0 Å². The van der Waals surface area contributed by atoms with E-state index in [0.29, 0.717) is 12.5 Å². The van der Waals surface area contributed by atoms with Crippen LogP contribution in [0.4, 0.5) is 5.69 Å². The summed E-state index contributed by atoms with van der Waals surface area (Å²) >= 11 is 3.55. The highest BCUT2D eigenvalue weighted by molar-refractivity contribution is 9.10. The van der Waals surface area contributed by atoms with Crippen molar-refractivity contribution in [3.63, 3.8) is 0 Å². The Morgan fingerprint density at radius 1 is 1.38 bits per heavy atom. The number of benzene rings is 1. The quantitative estimate of drug-likeness (QED) is 0.607. The minimum atomic E-state index is 0.622. The maximum Gasteiger partial charge on any atom is 0.191 e. The molecule has 0 saturated carbocycles. The third-order valence-corrected chi connectivity index (χ3v) is 4.77. The first kappa shape index (κ1) is 16.9. The van der Waals surface area contributed by atoms with Crippen LogP contribution < -0.4 is 15.5 Å². The van der Waals surface area contributed by atoms with Crippen LogP contribution in [-0.2, 0) is 6.54 Å². The molecular formula is C18H23BrN4O. The molecule has 1 unspecified atom stereocenters. The Labute approximate surface area is 151 Å². The molecule has 2 N–H and O–H groups in total. The fourth-order valence-corrected chi connectivity index (χ4v) is 3.33. The highest BCUT2D eigenvalue weighted by atomic mass is 79.9. The average Bonchev–Trinajstić information content (AvgIpc) is 3.27. The normalized spacial score (nSPS) is 18.0. The number of furan rings is 1. The highest BCUT2D eigenvalue weighted by Gasteiger charge is 2.22. The second kappa shape index (κ2) is 8.24. The minimum Gasteiger partial charge on any atom is -0.472 e. The van der Waals surface area contributed by atoms with E-state index < -0.39 is 0 Å². The van der Waals surface area contributed by atoms with Crippen molar-refractivity contribution < 1.29 is 4.42 Å². The number of rotatable bonds is 5. The molecule has 0 radical (unpaired) electrons. The molecule has 1 aromatic heterocycles. The van der Waals surface area contributed by atoms with Gasteiger partial charge in [-0.25, -0.2) is 0 Å². The third kappa shape index (κ3) is 4.54. The lowest BCUT2D eigenvalue weighted by Gasteiger charge is -2.19. The summed E-state index contributed by atoms with van der Waals surface area (Å²) in [7, 11) is 1.80. The molecule has 24 heavy (non-hydrogen) atoms. The van der Waals surface area contributed by atoms with Gasteiger partial charge in [-0.3, -0.25) is 4.99 Å². The van der Waals surface area contributed by atoms with Gasteiger partial charge in [0, 0.05) is 49.0 Å². The summed E-state index contributed by atoms with van der Waals surface area (Å²) in [5.41, 5.74) is 2.40. The van der Waals surface area contributed by atoms with Crippen LogP contribution >= 0.6 is 15.9 Å². The second-order valence-electron chi connectivity index (χ2n) is 6.02. The summed E-state index contributed by atoms with van der Waals surface area (Å²) in [4.78, 5) is 6.72. The van der Waals surface area contributed by atoms with Gasteiger partial charge in [-0.05, 0) is 36.6 Å². The van der Waals surface area contributed by atoms with E-state index in [1.807, 2.05) is 6.07 Å². The van der Waals surface area contributed by atoms with Gasteiger partial charge < -0.3 is 20.0 Å². The monoisotopic (exact) mass is 390 g/mol. The first-order valence-electron chi connectivity index (χ1n) is 8.20. The molecular weight excluding hydrogens is 368 g/mol. The molecule has 5 nitrogen and oxygen atoms in total. The van der Waals surface area contributed by atoms with Crippen LogP contribution in [0.2, 0.25) is 0 Å². The Balaban J connectivity index is 1.45. The summed E-state index contributed by atoms with van der Waals surface area (Å²) in [6.07, 6.45) is 4.62. The topological polar surface area (TPSA) is 52.8 Å². The molecule has 128 valence electrons. The van der Waals surface area contributed by atoms with E-state index in [1.54, 1.807) is 19.6 Å². The van der Waals surface area contributed by atoms with Crippen molar-refractivity contribution in [3.05, 3.63) is 52.9 Å². The molecule has 1 aromatic carbocycles. The van der Waals surface area contributed by atoms with Gasteiger partial charge in [0.25, 0.3) is 0 Å². The predicted octanol–water partition coefficient (Wildman–Crippen LogP) is 3.23. The van der Waals surface area contributed by atoms with Crippen LogP contribution in [0.3, 0.4) is 0 Å². The van der Waals surface area contributed by atoms with E-state index in [2.05, 4.69) is 60.7 Å². The highest BCUT2D eigenvalue weighted by Crippen LogP contribution is 2.25. The molecule has 0 amide bonds. The van der Waals surface area contributed by atoms with Gasteiger partial charge in [0.05, 0.1) is 12.5 Å². The maximum atomic E-state index is 5.07. The molecule has 1 saturated heterocycles. The third-order valence-electron chi connectivity index (χ3n) is 4.28. The largest absolute Gasteiger partial charge is 0.472 e. The van der Waals surface area contributed by atoms with Gasteiger partial charge in [-0.15, -0.1) is 0 Å². The summed E-state index contributed by atoms with van der Waals surface area (Å²) in [6, 6.07) is 10.5. The maximum absolute atomic E-state index is 5.07. The lowest BCUT2D eigenvalue weighted by molar-refractivity contribution is 0.559. The molecule has 1 atom stereocenters. The van der Waals surface area contributed by atoms with Crippen molar-refractivity contribution in [2.45, 2.75) is 13.0 Å². The molecule has 2 heterocycles. The van der Waals surface area contributed by atoms with Crippen molar-refractivity contribution in [3.8, 4) is 0 Å². The van der Waals surface area contributed by atoms with E-state index in [0.717, 1.165) is 35.6 Å². The fraction of sp³-hybridized carbons (Fsp3) is 0.389. The second-order valence-corrected chi connectivity index (χ2v) is 6.93. The smallest absolute Gasteiger partial charge is 0.191 e. The number of hydrogen-bond donors (Lipinski definition) is 2. The van der Waals surface area contributed by atoms with Gasteiger partial charge in [0.1, 0.15) is 0 Å². The average molecular weight is 391 g/mol. The molecule has 0 aliphatic carbocycles. The molecule has 1 aliphatic rings. The van der Waals surface area contributed by atoms with Crippen LogP contribution in [0.5, 0.6) is 0 Å². The van der Waals surface area contributed by atoms with Crippen LogP contribution in [0.1, 0.15) is 12.0 Å². The van der Waals surface area contributed by atoms with E-state index in [4.69, 9.17) is 4.42 Å². The summed E-state index contributed by atoms with van der Waals surface area (Å²) in [6.45, 7) is 3.81. The minimum absolute atomic E-state index is 0.622. The van der Waals surface area contributed by atoms with Crippen molar-refractivity contribution >= 4 is 27.6 Å². The van der Waals surface area contributed by atoms with Gasteiger partial charge in [0.15, 0.2) is 5.96 Å². The van der Waals surface area contributed by atoms with Crippen molar-refractivity contribution in [2.75, 3.05) is 31.6 Å². The first-order valence-corrected chi connectivity index (χ1v) is 9.00. The Hall–Kier alpha value is -1.95. The molecule has 1 fully saturated rings. The Bertz CT molecular complexity index is 671. The molecule has 3 rings (SSSR count). The fourth-order valence-electron chi connectivity index (χ4n) is 2.95. The lowest BCUT2D eigenvalue weighted by atomic mass is 10.1. The van der Waals surface area contributed by atoms with Crippen molar-refractivity contribution in [1.82, 2.24) is 10.6 Å². The SMILES string of the molecule is CN=C(NCc1ccoc1)NCC1CCN(c2cccc(Br)c2)C1. The van der Waals surface area contributed by atoms with Crippen molar-refractivity contribution in [2.24, 2.45) is 10.9 Å². The summed E-state index contributed by atoms with van der Waals surface area (Å²) < 4.78 is 6.20. The molecule has 6 heteroatoms. The number of halogens is 1. The van der Waals surface area contributed by atoms with Crippen LogP contribution in [0.25, 0.3) is 0 Å². The Morgan fingerprint density at radius 2 is 2.29 bits per heavy atom. The Kier molecular flexibility index (Phi) is 5.80. The zero-order valence-corrected chi connectivity index (χ0v) is 15.4. The van der Waals surface area contributed by atoms with Crippen LogP contribution in [0, 0.1) is 5.92 Å². The standard InChI is InChI=1S/C18H23BrN4O/c1-20-18(22-11-15-6-8-24-13-15)21-10-14-5-7-23(12-14)17-4-2-3-16(19)9-17/h2-4,6,8-9,13-14H,5,7,10-12H2,1H3,(H2,20,21,22). The van der Waals surface area contributed by atoms with E-state index in [1.165, 1.54) is 12.1 Å². The number of aliphatic imine (C=N–C) groups is 1. The molecule has 0 bridgehead atoms. The van der Waals surface area contributed by atoms with E-state index >= 15 is 0 Å². The van der Waals surface area contributed by atoms with Gasteiger partial charge in [0.2, 0.25) is 0 Å². The van der Waals surface area contributed by atoms with E-state index in [9.17, 15) is 0 Å². The molecule has 0 spiro atoms. The number of anilines is 1. The van der Waals surface area contributed by atoms with Gasteiger partial charge in [-0.1, -0.05) is 22.0 Å². The zero-order valence-electron chi connectivity index (χ0n) is 13.8. The number of nitrogens with one attached hydrogen (secondary N) is 2. The van der Waals surface area contributed by atoms with Gasteiger partial charge >= 0.3 is 0 Å². The summed E-state index contributed by atoms with van der Waals surface area (Å²) in [5.74, 6) is 1.45. The zero-order chi connectivity index (χ0) is 16.8.